The lowest BCUT2D eigenvalue weighted by molar-refractivity contribution is -0.151. The van der Waals surface area contributed by atoms with Crippen LogP contribution < -0.4 is 0 Å². The summed E-state index contributed by atoms with van der Waals surface area (Å²) in [6.45, 7) is 1.16. The predicted octanol–water partition coefficient (Wildman–Crippen LogP) is -1.35. The van der Waals surface area contributed by atoms with Gasteiger partial charge < -0.3 is 20.1 Å². The fourth-order valence-electron chi connectivity index (χ4n) is 1.32. The maximum Gasteiger partial charge on any atom is 0.309 e. The molecule has 0 spiro atoms. The van der Waals surface area contributed by atoms with Gasteiger partial charge >= 0.3 is 5.97 Å². The summed E-state index contributed by atoms with van der Waals surface area (Å²) < 4.78 is 4.80. The highest BCUT2D eigenvalue weighted by molar-refractivity contribution is 5.74. The Balaban J connectivity index is 2.50. The van der Waals surface area contributed by atoms with E-state index in [0.717, 1.165) is 0 Å². The third-order valence-electron chi connectivity index (χ3n) is 2.22. The Morgan fingerprint density at radius 1 is 1.62 bits per heavy atom. The number of cyclic esters (lactones) is 1. The minimum Gasteiger partial charge on any atom is -0.459 e. The summed E-state index contributed by atoms with van der Waals surface area (Å²) in [7, 11) is 0. The van der Waals surface area contributed by atoms with Crippen LogP contribution in [0.2, 0.25) is 0 Å². The van der Waals surface area contributed by atoms with Crippen molar-refractivity contribution in [3.8, 4) is 0 Å². The first-order valence-corrected chi connectivity index (χ1v) is 4.23. The molecule has 4 atom stereocenters. The minimum absolute atomic E-state index is 0.245. The molecule has 0 unspecified atom stereocenters. The van der Waals surface area contributed by atoms with Gasteiger partial charge in [0.05, 0.1) is 12.5 Å². The number of carbonyl (C=O) groups is 1. The van der Waals surface area contributed by atoms with Crippen LogP contribution in [-0.4, -0.2) is 46.2 Å². The van der Waals surface area contributed by atoms with Crippen molar-refractivity contribution in [2.45, 2.75) is 31.7 Å². The molecule has 0 aromatic rings. The zero-order chi connectivity index (χ0) is 10.0. The third-order valence-corrected chi connectivity index (χ3v) is 2.22. The molecule has 0 bridgehead atoms. The molecule has 0 aromatic carbocycles. The third kappa shape index (κ3) is 2.18. The smallest absolute Gasteiger partial charge is 0.309 e. The van der Waals surface area contributed by atoms with Gasteiger partial charge in [-0.3, -0.25) is 4.79 Å². The maximum atomic E-state index is 10.9. The number of carbonyl (C=O) groups excluding carboxylic acids is 1. The normalized spacial score (nSPS) is 32.8. The Labute approximate surface area is 75.9 Å². The highest BCUT2D eigenvalue weighted by atomic mass is 16.6. The Morgan fingerprint density at radius 3 is 2.62 bits per heavy atom. The molecule has 0 aromatic heterocycles. The van der Waals surface area contributed by atoms with E-state index in [1.165, 1.54) is 0 Å². The van der Waals surface area contributed by atoms with E-state index in [0.29, 0.717) is 6.42 Å². The molecule has 0 aliphatic carbocycles. The van der Waals surface area contributed by atoms with Crippen molar-refractivity contribution in [3.05, 3.63) is 0 Å². The minimum atomic E-state index is -1.25. The van der Waals surface area contributed by atoms with Crippen molar-refractivity contribution in [3.63, 3.8) is 0 Å². The summed E-state index contributed by atoms with van der Waals surface area (Å²) in [5.41, 5.74) is 0. The number of aliphatic hydroxyl groups excluding tert-OH is 3. The quantitative estimate of drug-likeness (QED) is 0.479. The van der Waals surface area contributed by atoms with Gasteiger partial charge in [0.2, 0.25) is 0 Å². The van der Waals surface area contributed by atoms with Crippen LogP contribution >= 0.6 is 0 Å². The molecule has 1 saturated heterocycles. The second kappa shape index (κ2) is 4.04. The Morgan fingerprint density at radius 2 is 2.23 bits per heavy atom. The zero-order valence-electron chi connectivity index (χ0n) is 7.38. The molecule has 3 N–H and O–H groups in total. The molecular weight excluding hydrogens is 176 g/mol. The molecular formula is C8H14O5. The number of hydrogen-bond acceptors (Lipinski definition) is 5. The molecule has 0 radical (unpaired) electrons. The van der Waals surface area contributed by atoms with Crippen molar-refractivity contribution in [2.75, 3.05) is 6.61 Å². The first-order chi connectivity index (χ1) is 6.06. The van der Waals surface area contributed by atoms with Crippen molar-refractivity contribution < 1.29 is 24.9 Å². The van der Waals surface area contributed by atoms with Gasteiger partial charge in [-0.2, -0.15) is 0 Å². The van der Waals surface area contributed by atoms with Crippen LogP contribution in [0.15, 0.2) is 0 Å². The van der Waals surface area contributed by atoms with Gasteiger partial charge in [0, 0.05) is 6.42 Å². The van der Waals surface area contributed by atoms with Crippen LogP contribution in [-0.2, 0) is 9.53 Å². The predicted molar refractivity (Wildman–Crippen MR) is 42.8 cm³/mol. The van der Waals surface area contributed by atoms with Gasteiger partial charge in [-0.1, -0.05) is 6.92 Å². The zero-order valence-corrected chi connectivity index (χ0v) is 7.38. The average Bonchev–Trinajstić information content (AvgIpc) is 2.44. The summed E-state index contributed by atoms with van der Waals surface area (Å²) in [5.74, 6) is -0.611. The molecule has 13 heavy (non-hydrogen) atoms. The molecule has 1 aliphatic rings. The van der Waals surface area contributed by atoms with E-state index in [1.807, 2.05) is 0 Å². The van der Waals surface area contributed by atoms with Crippen LogP contribution in [0.5, 0.6) is 0 Å². The number of ether oxygens (including phenoxy) is 1. The second-order valence-corrected chi connectivity index (χ2v) is 3.35. The van der Waals surface area contributed by atoms with Gasteiger partial charge in [-0.15, -0.1) is 0 Å². The van der Waals surface area contributed by atoms with Crippen LogP contribution in [0.25, 0.3) is 0 Å². The highest BCUT2D eigenvalue weighted by Gasteiger charge is 2.38. The monoisotopic (exact) mass is 190 g/mol. The van der Waals surface area contributed by atoms with Crippen molar-refractivity contribution >= 4 is 5.97 Å². The summed E-state index contributed by atoms with van der Waals surface area (Å²) >= 11 is 0. The number of hydrogen-bond donors (Lipinski definition) is 3. The van der Waals surface area contributed by atoms with Crippen molar-refractivity contribution in [1.82, 2.24) is 0 Å². The van der Waals surface area contributed by atoms with E-state index in [-0.39, 0.29) is 11.9 Å². The van der Waals surface area contributed by atoms with Crippen LogP contribution in [0.1, 0.15) is 13.3 Å². The van der Waals surface area contributed by atoms with Gasteiger partial charge in [-0.05, 0) is 0 Å². The van der Waals surface area contributed by atoms with Gasteiger partial charge in [0.15, 0.2) is 0 Å². The fraction of sp³-hybridized carbons (Fsp3) is 0.875. The van der Waals surface area contributed by atoms with E-state index in [9.17, 15) is 9.90 Å². The summed E-state index contributed by atoms with van der Waals surface area (Å²) in [5, 5.41) is 27.0. The lowest BCUT2D eigenvalue weighted by Gasteiger charge is -2.20. The molecule has 1 aliphatic heterocycles. The molecule has 5 heteroatoms. The standard InChI is InChI=1S/C8H14O5/c1-4-2-6(13-8(4)12)7(11)5(10)3-9/h4-7,9-11H,2-3H2,1H3/t4-,5-,6-,7-/m1/s1. The summed E-state index contributed by atoms with van der Waals surface area (Å²) in [6, 6.07) is 0. The molecule has 5 nitrogen and oxygen atoms in total. The average molecular weight is 190 g/mol. The molecule has 1 heterocycles. The Bertz CT molecular complexity index is 193. The van der Waals surface area contributed by atoms with E-state index in [2.05, 4.69) is 0 Å². The topological polar surface area (TPSA) is 87.0 Å². The van der Waals surface area contributed by atoms with Crippen LogP contribution in [0.4, 0.5) is 0 Å². The van der Waals surface area contributed by atoms with Crippen molar-refractivity contribution in [2.24, 2.45) is 5.92 Å². The molecule has 0 amide bonds. The molecule has 1 fully saturated rings. The van der Waals surface area contributed by atoms with Gasteiger partial charge in [0.1, 0.15) is 18.3 Å². The number of aliphatic hydroxyl groups is 3. The molecule has 76 valence electrons. The van der Waals surface area contributed by atoms with E-state index in [4.69, 9.17) is 14.9 Å². The second-order valence-electron chi connectivity index (χ2n) is 3.35. The van der Waals surface area contributed by atoms with E-state index in [1.54, 1.807) is 6.92 Å². The molecule has 1 rings (SSSR count). The first kappa shape index (κ1) is 10.4. The summed E-state index contributed by atoms with van der Waals surface area (Å²) in [4.78, 5) is 10.9. The highest BCUT2D eigenvalue weighted by Crippen LogP contribution is 2.23. The first-order valence-electron chi connectivity index (χ1n) is 4.23. The number of esters is 1. The largest absolute Gasteiger partial charge is 0.459 e. The lowest BCUT2D eigenvalue weighted by Crippen LogP contribution is -2.39. The van der Waals surface area contributed by atoms with Crippen LogP contribution in [0.3, 0.4) is 0 Å². The van der Waals surface area contributed by atoms with Crippen molar-refractivity contribution in [1.29, 1.82) is 0 Å². The summed E-state index contributed by atoms with van der Waals surface area (Å²) in [6.07, 6.45) is -2.75. The lowest BCUT2D eigenvalue weighted by atomic mass is 10.0. The Hall–Kier alpha value is -0.650. The number of rotatable bonds is 3. The van der Waals surface area contributed by atoms with E-state index < -0.39 is 24.9 Å². The molecule has 0 saturated carbocycles. The van der Waals surface area contributed by atoms with E-state index >= 15 is 0 Å². The van der Waals surface area contributed by atoms with Gasteiger partial charge in [-0.25, -0.2) is 0 Å². The Kier molecular flexibility index (Phi) is 3.24. The van der Waals surface area contributed by atoms with Crippen LogP contribution in [0, 0.1) is 5.92 Å². The maximum absolute atomic E-state index is 10.9. The SMILES string of the molecule is C[C@@H]1C[C@H]([C@H](O)[C@H](O)CO)OC1=O. The van der Waals surface area contributed by atoms with Gasteiger partial charge in [0.25, 0.3) is 0 Å². The fourth-order valence-corrected chi connectivity index (χ4v) is 1.32.